The fourth-order valence-electron chi connectivity index (χ4n) is 2.83. The number of rotatable bonds is 2. The molecular formula is C10H19N3S. The van der Waals surface area contributed by atoms with Gasteiger partial charge in [0.2, 0.25) is 0 Å². The molecule has 0 amide bonds. The minimum Gasteiger partial charge on any atom is -0.359 e. The normalized spacial score (nSPS) is 34.9. The number of hydrogen-bond donors (Lipinski definition) is 2. The number of hydrazine groups is 1. The van der Waals surface area contributed by atoms with E-state index in [1.807, 2.05) is 19.1 Å². The summed E-state index contributed by atoms with van der Waals surface area (Å²) in [7, 11) is 3.91. The minimum atomic E-state index is 0.633. The van der Waals surface area contributed by atoms with Gasteiger partial charge in [0.05, 0.1) is 0 Å². The van der Waals surface area contributed by atoms with Gasteiger partial charge in [-0.3, -0.25) is 5.43 Å². The Hall–Kier alpha value is -0.350. The highest BCUT2D eigenvalue weighted by atomic mass is 32.1. The lowest BCUT2D eigenvalue weighted by Crippen LogP contribution is -2.48. The van der Waals surface area contributed by atoms with E-state index in [2.05, 4.69) is 10.7 Å². The van der Waals surface area contributed by atoms with E-state index in [1.54, 1.807) is 0 Å². The molecule has 0 aromatic carbocycles. The van der Waals surface area contributed by atoms with Crippen molar-refractivity contribution in [2.75, 3.05) is 14.1 Å². The zero-order valence-electron chi connectivity index (χ0n) is 8.92. The predicted molar refractivity (Wildman–Crippen MR) is 61.8 cm³/mol. The van der Waals surface area contributed by atoms with E-state index in [0.717, 1.165) is 16.9 Å². The number of fused-ring (bicyclic) bond motifs is 2. The van der Waals surface area contributed by atoms with Crippen LogP contribution >= 0.6 is 12.2 Å². The molecule has 2 rings (SSSR count). The van der Waals surface area contributed by atoms with Crippen LogP contribution in [0.5, 0.6) is 0 Å². The van der Waals surface area contributed by atoms with Crippen LogP contribution in [0.1, 0.15) is 25.7 Å². The maximum Gasteiger partial charge on any atom is 0.181 e. The van der Waals surface area contributed by atoms with Crippen molar-refractivity contribution in [1.82, 2.24) is 15.8 Å². The lowest BCUT2D eigenvalue weighted by atomic mass is 9.96. The molecule has 0 saturated heterocycles. The fraction of sp³-hybridized carbons (Fsp3) is 0.900. The van der Waals surface area contributed by atoms with Crippen molar-refractivity contribution in [3.63, 3.8) is 0 Å². The Morgan fingerprint density at radius 3 is 2.57 bits per heavy atom. The summed E-state index contributed by atoms with van der Waals surface area (Å²) in [6.07, 6.45) is 5.58. The summed E-state index contributed by atoms with van der Waals surface area (Å²) >= 11 is 5.22. The van der Waals surface area contributed by atoms with Gasteiger partial charge >= 0.3 is 0 Å². The topological polar surface area (TPSA) is 27.3 Å². The van der Waals surface area contributed by atoms with Crippen molar-refractivity contribution in [1.29, 1.82) is 0 Å². The quantitative estimate of drug-likeness (QED) is 0.531. The van der Waals surface area contributed by atoms with Crippen LogP contribution in [0.2, 0.25) is 0 Å². The molecule has 80 valence electrons. The summed E-state index contributed by atoms with van der Waals surface area (Å²) in [6, 6.07) is 0.633. The Morgan fingerprint density at radius 1 is 1.29 bits per heavy atom. The van der Waals surface area contributed by atoms with Crippen molar-refractivity contribution in [3.05, 3.63) is 0 Å². The Labute approximate surface area is 91.2 Å². The van der Waals surface area contributed by atoms with Crippen LogP contribution in [0.15, 0.2) is 0 Å². The molecule has 0 aromatic heterocycles. The third-order valence-corrected chi connectivity index (χ3v) is 3.59. The fourth-order valence-corrected chi connectivity index (χ4v) is 3.16. The highest BCUT2D eigenvalue weighted by molar-refractivity contribution is 7.80. The predicted octanol–water partition coefficient (Wildman–Crippen LogP) is 1.12. The van der Waals surface area contributed by atoms with E-state index in [4.69, 9.17) is 12.2 Å². The second kappa shape index (κ2) is 4.03. The van der Waals surface area contributed by atoms with Crippen molar-refractivity contribution < 1.29 is 0 Å². The highest BCUT2D eigenvalue weighted by Gasteiger charge is 2.39. The lowest BCUT2D eigenvalue weighted by Gasteiger charge is -2.25. The van der Waals surface area contributed by atoms with Crippen LogP contribution in [0.25, 0.3) is 0 Å². The first-order chi connectivity index (χ1) is 6.65. The first-order valence-corrected chi connectivity index (χ1v) is 5.80. The minimum absolute atomic E-state index is 0.633. The van der Waals surface area contributed by atoms with Gasteiger partial charge in [0.25, 0.3) is 0 Å². The average molecular weight is 213 g/mol. The molecule has 2 fully saturated rings. The number of thiocarbonyl (C=S) groups is 1. The Balaban J connectivity index is 1.78. The summed E-state index contributed by atoms with van der Waals surface area (Å²) in [5, 5.41) is 6.07. The first-order valence-electron chi connectivity index (χ1n) is 5.39. The SMILES string of the molecule is CN(C)NC(=S)N[C@H]1C[C@@H]2CC[C@H]1C2. The number of nitrogens with one attached hydrogen (secondary N) is 2. The lowest BCUT2D eigenvalue weighted by molar-refractivity contribution is 0.342. The van der Waals surface area contributed by atoms with Gasteiger partial charge < -0.3 is 5.32 Å². The second-order valence-electron chi connectivity index (χ2n) is 4.76. The average Bonchev–Trinajstić information content (AvgIpc) is 2.62. The van der Waals surface area contributed by atoms with E-state index in [-0.39, 0.29) is 0 Å². The largest absolute Gasteiger partial charge is 0.359 e. The molecule has 3 atom stereocenters. The van der Waals surface area contributed by atoms with Crippen molar-refractivity contribution >= 4 is 17.3 Å². The zero-order chi connectivity index (χ0) is 10.1. The molecule has 0 unspecified atom stereocenters. The van der Waals surface area contributed by atoms with E-state index in [1.165, 1.54) is 25.7 Å². The molecule has 0 aromatic rings. The Morgan fingerprint density at radius 2 is 2.07 bits per heavy atom. The molecule has 2 bridgehead atoms. The van der Waals surface area contributed by atoms with Crippen molar-refractivity contribution in [3.8, 4) is 0 Å². The summed E-state index contributed by atoms with van der Waals surface area (Å²) in [4.78, 5) is 0. The molecule has 2 aliphatic rings. The molecule has 2 saturated carbocycles. The van der Waals surface area contributed by atoms with Crippen LogP contribution in [-0.2, 0) is 0 Å². The molecule has 0 spiro atoms. The third kappa shape index (κ3) is 2.17. The number of hydrogen-bond acceptors (Lipinski definition) is 2. The van der Waals surface area contributed by atoms with Gasteiger partial charge in [-0.1, -0.05) is 6.42 Å². The highest BCUT2D eigenvalue weighted by Crippen LogP contribution is 2.44. The molecule has 3 nitrogen and oxygen atoms in total. The monoisotopic (exact) mass is 213 g/mol. The molecule has 2 aliphatic carbocycles. The maximum absolute atomic E-state index is 5.22. The van der Waals surface area contributed by atoms with Crippen molar-refractivity contribution in [2.24, 2.45) is 11.8 Å². The standard InChI is InChI=1S/C10H19N3S/c1-13(2)12-10(14)11-9-6-7-3-4-8(9)5-7/h7-9H,3-6H2,1-2H3,(H2,11,12,14)/t7-,8+,9+/m1/s1. The van der Waals surface area contributed by atoms with Crippen LogP contribution in [0.4, 0.5) is 0 Å². The summed E-state index contributed by atoms with van der Waals surface area (Å²) in [5.41, 5.74) is 3.08. The summed E-state index contributed by atoms with van der Waals surface area (Å²) in [6.45, 7) is 0. The molecule has 14 heavy (non-hydrogen) atoms. The molecule has 0 aliphatic heterocycles. The third-order valence-electron chi connectivity index (χ3n) is 3.38. The maximum atomic E-state index is 5.22. The van der Waals surface area contributed by atoms with Crippen LogP contribution in [0.3, 0.4) is 0 Å². The Bertz CT molecular complexity index is 229. The second-order valence-corrected chi connectivity index (χ2v) is 5.17. The van der Waals surface area contributed by atoms with E-state index in [9.17, 15) is 0 Å². The van der Waals surface area contributed by atoms with Gasteiger partial charge in [-0.2, -0.15) is 0 Å². The van der Waals surface area contributed by atoms with Gasteiger partial charge in [0.15, 0.2) is 5.11 Å². The smallest absolute Gasteiger partial charge is 0.181 e. The Kier molecular flexibility index (Phi) is 2.93. The molecular weight excluding hydrogens is 194 g/mol. The van der Waals surface area contributed by atoms with E-state index < -0.39 is 0 Å². The summed E-state index contributed by atoms with van der Waals surface area (Å²) < 4.78 is 0. The molecule has 0 radical (unpaired) electrons. The van der Waals surface area contributed by atoms with Gasteiger partial charge in [-0.15, -0.1) is 0 Å². The van der Waals surface area contributed by atoms with Crippen LogP contribution in [0, 0.1) is 11.8 Å². The van der Waals surface area contributed by atoms with Gasteiger partial charge in [-0.25, -0.2) is 5.01 Å². The summed E-state index contributed by atoms with van der Waals surface area (Å²) in [5.74, 6) is 1.85. The number of nitrogens with zero attached hydrogens (tertiary/aromatic N) is 1. The molecule has 0 heterocycles. The van der Waals surface area contributed by atoms with Crippen LogP contribution < -0.4 is 10.7 Å². The molecule has 2 N–H and O–H groups in total. The zero-order valence-corrected chi connectivity index (χ0v) is 9.73. The van der Waals surface area contributed by atoms with Crippen molar-refractivity contribution in [2.45, 2.75) is 31.7 Å². The van der Waals surface area contributed by atoms with Crippen LogP contribution in [-0.4, -0.2) is 30.3 Å². The van der Waals surface area contributed by atoms with E-state index >= 15 is 0 Å². The van der Waals surface area contributed by atoms with E-state index in [0.29, 0.717) is 6.04 Å². The first kappa shape index (κ1) is 10.2. The van der Waals surface area contributed by atoms with Gasteiger partial charge in [0.1, 0.15) is 0 Å². The van der Waals surface area contributed by atoms with Gasteiger partial charge in [-0.05, 0) is 43.3 Å². The van der Waals surface area contributed by atoms with Gasteiger partial charge in [0, 0.05) is 20.1 Å². The molecule has 4 heteroatoms.